The number of ether oxygens (including phenoxy) is 1. The SMILES string of the molecule is O=C1C(=O)N(c2ccc(Oc3ccccc3)cc2)C(c2cccs2)/C1=C(/O)c1cccc([N+](=O)[O-])c1. The van der Waals surface area contributed by atoms with Gasteiger partial charge < -0.3 is 9.84 Å². The zero-order chi connectivity index (χ0) is 25.2. The van der Waals surface area contributed by atoms with Gasteiger partial charge in [0.2, 0.25) is 0 Å². The first kappa shape index (κ1) is 23.0. The largest absolute Gasteiger partial charge is 0.507 e. The third-order valence-electron chi connectivity index (χ3n) is 5.68. The summed E-state index contributed by atoms with van der Waals surface area (Å²) in [5, 5.41) is 24.1. The van der Waals surface area contributed by atoms with E-state index >= 15 is 0 Å². The van der Waals surface area contributed by atoms with Crippen molar-refractivity contribution < 1.29 is 24.4 Å². The van der Waals surface area contributed by atoms with E-state index in [0.29, 0.717) is 22.1 Å². The molecule has 0 aliphatic carbocycles. The van der Waals surface area contributed by atoms with E-state index in [1.165, 1.54) is 40.5 Å². The number of nitro benzene ring substituents is 1. The van der Waals surface area contributed by atoms with Crippen molar-refractivity contribution in [3.8, 4) is 11.5 Å². The molecule has 9 heteroatoms. The summed E-state index contributed by atoms with van der Waals surface area (Å²) in [5.41, 5.74) is 0.145. The molecule has 1 atom stereocenters. The minimum Gasteiger partial charge on any atom is -0.507 e. The van der Waals surface area contributed by atoms with Crippen molar-refractivity contribution >= 4 is 40.2 Å². The number of Topliss-reactive ketones (excluding diaryl/α,β-unsaturated/α-hetero) is 1. The quantitative estimate of drug-likeness (QED) is 0.114. The summed E-state index contributed by atoms with van der Waals surface area (Å²) in [5.74, 6) is -0.951. The lowest BCUT2D eigenvalue weighted by Gasteiger charge is -2.24. The number of hydrogen-bond acceptors (Lipinski definition) is 7. The second-order valence-electron chi connectivity index (χ2n) is 7.90. The van der Waals surface area contributed by atoms with Crippen LogP contribution in [0.3, 0.4) is 0 Å². The van der Waals surface area contributed by atoms with Crippen LogP contribution < -0.4 is 9.64 Å². The first-order valence-electron chi connectivity index (χ1n) is 10.9. The number of thiophene rings is 1. The highest BCUT2D eigenvalue weighted by Crippen LogP contribution is 2.44. The van der Waals surface area contributed by atoms with Gasteiger partial charge in [0.15, 0.2) is 0 Å². The summed E-state index contributed by atoms with van der Waals surface area (Å²) in [7, 11) is 0. The van der Waals surface area contributed by atoms with Gasteiger partial charge in [0.1, 0.15) is 23.3 Å². The molecule has 1 aliphatic rings. The van der Waals surface area contributed by atoms with Crippen LogP contribution in [0.4, 0.5) is 11.4 Å². The first-order valence-corrected chi connectivity index (χ1v) is 11.7. The summed E-state index contributed by atoms with van der Waals surface area (Å²) in [6, 6.07) is 23.9. The predicted octanol–water partition coefficient (Wildman–Crippen LogP) is 6.07. The number of para-hydroxylation sites is 1. The summed E-state index contributed by atoms with van der Waals surface area (Å²) in [6.45, 7) is 0. The van der Waals surface area contributed by atoms with E-state index in [1.54, 1.807) is 41.8 Å². The molecule has 1 saturated heterocycles. The van der Waals surface area contributed by atoms with Crippen LogP contribution in [-0.2, 0) is 9.59 Å². The molecule has 1 aromatic heterocycles. The third kappa shape index (κ3) is 4.23. The van der Waals surface area contributed by atoms with Crippen molar-refractivity contribution in [3.05, 3.63) is 123 Å². The van der Waals surface area contributed by atoms with Crippen molar-refractivity contribution in [2.24, 2.45) is 0 Å². The molecule has 2 heterocycles. The third-order valence-corrected chi connectivity index (χ3v) is 6.61. The summed E-state index contributed by atoms with van der Waals surface area (Å²) in [4.78, 5) is 39.0. The number of hydrogen-bond donors (Lipinski definition) is 1. The molecule has 36 heavy (non-hydrogen) atoms. The molecule has 0 spiro atoms. The van der Waals surface area contributed by atoms with E-state index < -0.39 is 28.4 Å². The number of aliphatic hydroxyl groups is 1. The van der Waals surface area contributed by atoms with E-state index in [2.05, 4.69) is 0 Å². The molecule has 4 aromatic rings. The van der Waals surface area contributed by atoms with E-state index in [9.17, 15) is 24.8 Å². The molecule has 3 aromatic carbocycles. The lowest BCUT2D eigenvalue weighted by Crippen LogP contribution is -2.29. The Morgan fingerprint density at radius 3 is 2.31 bits per heavy atom. The highest BCUT2D eigenvalue weighted by Gasteiger charge is 2.47. The van der Waals surface area contributed by atoms with Gasteiger partial charge in [-0.2, -0.15) is 0 Å². The zero-order valence-electron chi connectivity index (χ0n) is 18.6. The normalized spacial score (nSPS) is 16.8. The summed E-state index contributed by atoms with van der Waals surface area (Å²) < 4.78 is 5.82. The van der Waals surface area contributed by atoms with Gasteiger partial charge in [-0.25, -0.2) is 0 Å². The minimum atomic E-state index is -0.898. The number of amides is 1. The molecule has 1 amide bonds. The van der Waals surface area contributed by atoms with Gasteiger partial charge >= 0.3 is 0 Å². The standard InChI is InChI=1S/C27H18N2O6S/c30-25(17-6-4-7-19(16-17)29(33)34)23-24(22-10-5-15-36-22)28(27(32)26(23)31)18-11-13-21(14-12-18)35-20-8-2-1-3-9-20/h1-16,24,30H/b25-23-. The van der Waals surface area contributed by atoms with Crippen molar-refractivity contribution in [3.63, 3.8) is 0 Å². The Labute approximate surface area is 209 Å². The number of carbonyl (C=O) groups excluding carboxylic acids is 2. The van der Waals surface area contributed by atoms with E-state index in [1.807, 2.05) is 30.3 Å². The van der Waals surface area contributed by atoms with Crippen molar-refractivity contribution in [1.82, 2.24) is 0 Å². The molecule has 178 valence electrons. The molecular formula is C27H18N2O6S. The summed E-state index contributed by atoms with van der Waals surface area (Å²) in [6.07, 6.45) is 0. The fraction of sp³-hybridized carbons (Fsp3) is 0.0370. The van der Waals surface area contributed by atoms with E-state index in [0.717, 1.165) is 0 Å². The van der Waals surface area contributed by atoms with E-state index in [4.69, 9.17) is 4.74 Å². The Kier molecular flexibility index (Phi) is 6.05. The molecule has 5 rings (SSSR count). The van der Waals surface area contributed by atoms with Crippen LogP contribution in [0, 0.1) is 10.1 Å². The van der Waals surface area contributed by atoms with Crippen LogP contribution in [-0.4, -0.2) is 21.7 Å². The Balaban J connectivity index is 1.56. The maximum atomic E-state index is 13.2. The van der Waals surface area contributed by atoms with Gasteiger partial charge in [0, 0.05) is 28.3 Å². The average molecular weight is 499 g/mol. The predicted molar refractivity (Wildman–Crippen MR) is 135 cm³/mol. The van der Waals surface area contributed by atoms with Crippen LogP contribution >= 0.6 is 11.3 Å². The molecule has 1 unspecified atom stereocenters. The average Bonchev–Trinajstić information content (AvgIpc) is 3.52. The second kappa shape index (κ2) is 9.47. The van der Waals surface area contributed by atoms with Crippen LogP contribution in [0.2, 0.25) is 0 Å². The van der Waals surface area contributed by atoms with Crippen molar-refractivity contribution in [2.75, 3.05) is 4.90 Å². The Morgan fingerprint density at radius 2 is 1.64 bits per heavy atom. The maximum absolute atomic E-state index is 13.2. The van der Waals surface area contributed by atoms with Crippen LogP contribution in [0.5, 0.6) is 11.5 Å². The molecular weight excluding hydrogens is 480 g/mol. The minimum absolute atomic E-state index is 0.0790. The van der Waals surface area contributed by atoms with Crippen LogP contribution in [0.1, 0.15) is 16.5 Å². The number of anilines is 1. The van der Waals surface area contributed by atoms with Crippen LogP contribution in [0.25, 0.3) is 5.76 Å². The number of carbonyl (C=O) groups is 2. The first-order chi connectivity index (χ1) is 17.4. The van der Waals surface area contributed by atoms with E-state index in [-0.39, 0.29) is 16.8 Å². The topological polar surface area (TPSA) is 110 Å². The number of ketones is 1. The van der Waals surface area contributed by atoms with Crippen LogP contribution in [0.15, 0.2) is 102 Å². The van der Waals surface area contributed by atoms with Gasteiger partial charge in [0.05, 0.1) is 10.5 Å². The number of rotatable bonds is 6. The van der Waals surface area contributed by atoms with Gasteiger partial charge in [-0.15, -0.1) is 11.3 Å². The maximum Gasteiger partial charge on any atom is 0.300 e. The zero-order valence-corrected chi connectivity index (χ0v) is 19.4. The van der Waals surface area contributed by atoms with Crippen molar-refractivity contribution in [2.45, 2.75) is 6.04 Å². The highest BCUT2D eigenvalue weighted by atomic mass is 32.1. The fourth-order valence-corrected chi connectivity index (χ4v) is 4.86. The van der Waals surface area contributed by atoms with Gasteiger partial charge in [0.25, 0.3) is 17.4 Å². The number of non-ortho nitro benzene ring substituents is 1. The van der Waals surface area contributed by atoms with Gasteiger partial charge in [-0.1, -0.05) is 36.4 Å². The van der Waals surface area contributed by atoms with Crippen molar-refractivity contribution in [1.29, 1.82) is 0 Å². The lowest BCUT2D eigenvalue weighted by molar-refractivity contribution is -0.384. The van der Waals surface area contributed by atoms with Gasteiger partial charge in [-0.05, 0) is 47.8 Å². The molecule has 1 N–H and O–H groups in total. The number of nitrogens with zero attached hydrogens (tertiary/aromatic N) is 2. The fourth-order valence-electron chi connectivity index (χ4n) is 4.04. The highest BCUT2D eigenvalue weighted by molar-refractivity contribution is 7.10. The number of aliphatic hydroxyl groups excluding tert-OH is 1. The Hall–Kier alpha value is -4.76. The lowest BCUT2D eigenvalue weighted by atomic mass is 9.99. The molecule has 0 saturated carbocycles. The smallest absolute Gasteiger partial charge is 0.300 e. The monoisotopic (exact) mass is 498 g/mol. The molecule has 0 bridgehead atoms. The Bertz CT molecular complexity index is 1480. The molecule has 0 radical (unpaired) electrons. The summed E-state index contributed by atoms with van der Waals surface area (Å²) >= 11 is 1.33. The number of benzene rings is 3. The molecule has 8 nitrogen and oxygen atoms in total. The number of nitro groups is 1. The van der Waals surface area contributed by atoms with Gasteiger partial charge in [-0.3, -0.25) is 24.6 Å². The Morgan fingerprint density at radius 1 is 0.917 bits per heavy atom. The molecule has 1 fully saturated rings. The molecule has 1 aliphatic heterocycles. The second-order valence-corrected chi connectivity index (χ2v) is 8.88.